The fourth-order valence-electron chi connectivity index (χ4n) is 6.45. The molecule has 42 heavy (non-hydrogen) atoms. The number of sulfone groups is 1. The third kappa shape index (κ3) is 6.08. The number of rotatable bonds is 10. The number of piperidine rings is 1. The van der Waals surface area contributed by atoms with Gasteiger partial charge >= 0.3 is 5.97 Å². The molecule has 5 rings (SSSR count). The maximum Gasteiger partial charge on any atom is 0.304 e. The smallest absolute Gasteiger partial charge is 0.304 e. The van der Waals surface area contributed by atoms with Crippen LogP contribution in [0.4, 0.5) is 4.39 Å². The van der Waals surface area contributed by atoms with E-state index < -0.39 is 68.0 Å². The molecule has 4 atom stereocenters. The van der Waals surface area contributed by atoms with Gasteiger partial charge in [-0.3, -0.25) is 9.59 Å². The van der Waals surface area contributed by atoms with Gasteiger partial charge in [-0.25, -0.2) is 12.8 Å². The zero-order chi connectivity index (χ0) is 30.2. The molecule has 0 bridgehead atoms. The van der Waals surface area contributed by atoms with Gasteiger partial charge in [-0.15, -0.1) is 0 Å². The van der Waals surface area contributed by atoms with Crippen molar-refractivity contribution in [3.8, 4) is 0 Å². The van der Waals surface area contributed by atoms with E-state index in [-0.39, 0.29) is 18.8 Å². The third-order valence-electron chi connectivity index (χ3n) is 8.72. The first-order valence-electron chi connectivity index (χ1n) is 14.0. The van der Waals surface area contributed by atoms with Crippen molar-refractivity contribution in [2.24, 2.45) is 11.3 Å². The molecule has 0 radical (unpaired) electrons. The van der Waals surface area contributed by atoms with Gasteiger partial charge in [0, 0.05) is 22.0 Å². The number of hydrogen-bond acceptors (Lipinski definition) is 4. The third-order valence-corrected chi connectivity index (χ3v) is 11.0. The number of carboxylic acid groups (broad SMARTS) is 1. The first kappa shape index (κ1) is 30.5. The Bertz CT molecular complexity index is 1590. The maximum atomic E-state index is 14.7. The average molecular weight is 633 g/mol. The van der Waals surface area contributed by atoms with Crippen LogP contribution in [0.3, 0.4) is 0 Å². The summed E-state index contributed by atoms with van der Waals surface area (Å²) in [6.45, 7) is 1.79. The Hall–Kier alpha value is -2.94. The van der Waals surface area contributed by atoms with Crippen molar-refractivity contribution < 1.29 is 27.5 Å². The topological polar surface area (TPSA) is 91.8 Å². The molecule has 2 fully saturated rings. The Morgan fingerprint density at radius 3 is 2.31 bits per heavy atom. The lowest BCUT2D eigenvalue weighted by molar-refractivity contribution is -0.162. The van der Waals surface area contributed by atoms with Crippen molar-refractivity contribution in [1.82, 2.24) is 4.90 Å². The SMILES string of the molecule is CC[C@]1(CC(=O)O)C[C@H](c2cccc(Cl)c2)[C@@H](c2ccc(Cl)cc2)N([C@H](CS(=O)(=O)c2ccccc2F)C2CC2)C1=O. The predicted octanol–water partition coefficient (Wildman–Crippen LogP) is 7.31. The van der Waals surface area contributed by atoms with Gasteiger partial charge in [0.2, 0.25) is 5.91 Å². The average Bonchev–Trinajstić information content (AvgIpc) is 3.79. The van der Waals surface area contributed by atoms with Crippen molar-refractivity contribution in [2.75, 3.05) is 5.75 Å². The molecule has 1 saturated carbocycles. The van der Waals surface area contributed by atoms with Gasteiger partial charge in [-0.05, 0) is 79.1 Å². The van der Waals surface area contributed by atoms with Gasteiger partial charge in [0.05, 0.1) is 23.6 Å². The van der Waals surface area contributed by atoms with E-state index in [2.05, 4.69) is 0 Å². The van der Waals surface area contributed by atoms with Gasteiger partial charge in [0.1, 0.15) is 10.7 Å². The Kier molecular flexibility index (Phi) is 8.70. The summed E-state index contributed by atoms with van der Waals surface area (Å²) < 4.78 is 42.2. The Balaban J connectivity index is 1.72. The highest BCUT2D eigenvalue weighted by Gasteiger charge is 2.56. The zero-order valence-corrected chi connectivity index (χ0v) is 25.4. The van der Waals surface area contributed by atoms with E-state index in [1.54, 1.807) is 30.0 Å². The zero-order valence-electron chi connectivity index (χ0n) is 23.0. The van der Waals surface area contributed by atoms with Crippen molar-refractivity contribution in [3.63, 3.8) is 0 Å². The van der Waals surface area contributed by atoms with E-state index in [0.717, 1.165) is 17.2 Å². The van der Waals surface area contributed by atoms with E-state index in [1.165, 1.54) is 18.2 Å². The Morgan fingerprint density at radius 1 is 1.02 bits per heavy atom. The van der Waals surface area contributed by atoms with Crippen LogP contribution < -0.4 is 0 Å². The number of carbonyl (C=O) groups excluding carboxylic acids is 1. The summed E-state index contributed by atoms with van der Waals surface area (Å²) in [6, 6.07) is 18.1. The molecule has 10 heteroatoms. The molecule has 1 saturated heterocycles. The molecule has 0 spiro atoms. The fraction of sp³-hybridized carbons (Fsp3) is 0.375. The largest absolute Gasteiger partial charge is 0.481 e. The Labute approximate surface area is 255 Å². The lowest BCUT2D eigenvalue weighted by atomic mass is 9.65. The molecule has 222 valence electrons. The molecule has 1 amide bonds. The summed E-state index contributed by atoms with van der Waals surface area (Å²) in [5.74, 6) is -3.38. The van der Waals surface area contributed by atoms with Gasteiger partial charge < -0.3 is 10.0 Å². The molecule has 3 aromatic carbocycles. The van der Waals surface area contributed by atoms with E-state index >= 15 is 0 Å². The number of aliphatic carboxylic acids is 1. The summed E-state index contributed by atoms with van der Waals surface area (Å²) in [5.41, 5.74) is 0.276. The van der Waals surface area contributed by atoms with Crippen molar-refractivity contribution in [2.45, 2.75) is 61.9 Å². The highest BCUT2D eigenvalue weighted by Crippen LogP contribution is 2.55. The van der Waals surface area contributed by atoms with Gasteiger partial charge in [-0.2, -0.15) is 0 Å². The number of likely N-dealkylation sites (tertiary alicyclic amines) is 1. The van der Waals surface area contributed by atoms with Crippen LogP contribution in [0.1, 0.15) is 62.1 Å². The minimum atomic E-state index is -4.16. The second kappa shape index (κ2) is 12.0. The summed E-state index contributed by atoms with van der Waals surface area (Å²) in [4.78, 5) is 28.1. The lowest BCUT2D eigenvalue weighted by Gasteiger charge is -2.53. The summed E-state index contributed by atoms with van der Waals surface area (Å²) >= 11 is 12.6. The summed E-state index contributed by atoms with van der Waals surface area (Å²) in [7, 11) is -4.16. The van der Waals surface area contributed by atoms with E-state index in [0.29, 0.717) is 22.9 Å². The molecule has 1 aliphatic heterocycles. The predicted molar refractivity (Wildman–Crippen MR) is 160 cm³/mol. The van der Waals surface area contributed by atoms with Crippen LogP contribution in [0, 0.1) is 17.2 Å². The second-order valence-corrected chi connectivity index (χ2v) is 14.3. The number of hydrogen-bond donors (Lipinski definition) is 1. The molecule has 6 nitrogen and oxygen atoms in total. The molecule has 0 unspecified atom stereocenters. The Morgan fingerprint density at radius 2 is 1.71 bits per heavy atom. The molecule has 1 heterocycles. The standard InChI is InChI=1S/C32H32Cl2FNO5S/c1-2-32(18-29(37)38)17-25(22-6-5-7-24(34)16-22)30(21-12-14-23(33)15-13-21)36(31(32)39)27(20-10-11-20)19-42(40,41)28-9-4-3-8-26(28)35/h3-9,12-16,20,25,27,30H,2,10-11,17-19H2,1H3,(H,37,38)/t25-,27-,30-,32-/m1/s1. The molecule has 1 N–H and O–H groups in total. The van der Waals surface area contributed by atoms with Gasteiger partial charge in [-0.1, -0.05) is 66.5 Å². The first-order chi connectivity index (χ1) is 20.0. The fourth-order valence-corrected chi connectivity index (χ4v) is 8.49. The first-order valence-corrected chi connectivity index (χ1v) is 16.4. The highest BCUT2D eigenvalue weighted by atomic mass is 35.5. The minimum Gasteiger partial charge on any atom is -0.481 e. The highest BCUT2D eigenvalue weighted by molar-refractivity contribution is 7.91. The van der Waals surface area contributed by atoms with Crippen LogP contribution in [0.15, 0.2) is 77.7 Å². The number of carboxylic acids is 1. The van der Waals surface area contributed by atoms with E-state index in [4.69, 9.17) is 23.2 Å². The molecular weight excluding hydrogens is 600 g/mol. The van der Waals surface area contributed by atoms with Crippen molar-refractivity contribution in [3.05, 3.63) is 99.8 Å². The number of halogens is 3. The van der Waals surface area contributed by atoms with E-state index in [9.17, 15) is 27.5 Å². The molecule has 2 aliphatic rings. The summed E-state index contributed by atoms with van der Waals surface area (Å²) in [6.07, 6.45) is 1.48. The van der Waals surface area contributed by atoms with Crippen LogP contribution >= 0.6 is 23.2 Å². The van der Waals surface area contributed by atoms with Crippen LogP contribution in [0.2, 0.25) is 10.0 Å². The van der Waals surface area contributed by atoms with Crippen molar-refractivity contribution >= 4 is 44.9 Å². The molecule has 0 aromatic heterocycles. The quantitative estimate of drug-likeness (QED) is 0.253. The lowest BCUT2D eigenvalue weighted by Crippen LogP contribution is -2.58. The van der Waals surface area contributed by atoms with Gasteiger partial charge in [0.25, 0.3) is 0 Å². The maximum absolute atomic E-state index is 14.7. The second-order valence-electron chi connectivity index (χ2n) is 11.4. The number of benzene rings is 3. The number of amides is 1. The number of nitrogens with zero attached hydrogens (tertiary/aromatic N) is 1. The minimum absolute atomic E-state index is 0.136. The van der Waals surface area contributed by atoms with Crippen LogP contribution in [-0.4, -0.2) is 42.1 Å². The van der Waals surface area contributed by atoms with Crippen molar-refractivity contribution in [1.29, 1.82) is 0 Å². The van der Waals surface area contributed by atoms with E-state index in [1.807, 2.05) is 30.3 Å². The van der Waals surface area contributed by atoms with Crippen LogP contribution in [0.25, 0.3) is 0 Å². The summed E-state index contributed by atoms with van der Waals surface area (Å²) in [5, 5.41) is 11.0. The van der Waals surface area contributed by atoms with Crippen LogP contribution in [0.5, 0.6) is 0 Å². The van der Waals surface area contributed by atoms with Crippen LogP contribution in [-0.2, 0) is 19.4 Å². The number of carbonyl (C=O) groups is 2. The normalized spacial score (nSPS) is 23.5. The molecular formula is C32H32Cl2FNO5S. The van der Waals surface area contributed by atoms with Gasteiger partial charge in [0.15, 0.2) is 9.84 Å². The monoisotopic (exact) mass is 631 g/mol. The molecule has 3 aromatic rings. The molecule has 1 aliphatic carbocycles.